The standard InChI is InChI=1S/C42H48N.C32H40N.2ClHO4/c1-7-9-20-34-35-27-25-30-18-14-16-21-32(30)39(35)41(3,4)36(34)23-12-11-13-24-38-42(5,6)40-33-22-17-15-19-31(33)26-28-37(40)43(38)29-10-8-2;1-7-16-24-25-17-12-13-19-27(25)31(3,4)26(24)18-10-9-11-22-30-32(5,6)28-20-14-15-21-29(28)33(30)23-8-2;2*2-1(3,4)5/h11-19,21-28,34H,7-10,20,29H2,1-6H3;9-15,17-22,24H,7-8,16,23H2,1-6H3;2*(H,2,3,4,5)/q2*+1;;/p-2. The normalized spacial score (nSPS) is 19.8. The lowest BCUT2D eigenvalue weighted by Crippen LogP contribution is -2.68. The smallest absolute Gasteiger partial charge is 0.210 e. The van der Waals surface area contributed by atoms with Gasteiger partial charge in [0, 0.05) is 70.9 Å². The van der Waals surface area contributed by atoms with E-state index in [-0.39, 0.29) is 21.7 Å². The predicted octanol–water partition coefficient (Wildman–Crippen LogP) is 10.3. The van der Waals surface area contributed by atoms with Crippen molar-refractivity contribution >= 4 is 44.3 Å². The summed E-state index contributed by atoms with van der Waals surface area (Å²) < 4.78 is 73.0. The molecule has 2 aliphatic carbocycles. The van der Waals surface area contributed by atoms with E-state index in [1.807, 2.05) is 0 Å². The molecule has 86 heavy (non-hydrogen) atoms. The van der Waals surface area contributed by atoms with Crippen LogP contribution in [0.3, 0.4) is 0 Å². The first kappa shape index (κ1) is 67.4. The zero-order chi connectivity index (χ0) is 62.8. The van der Waals surface area contributed by atoms with Gasteiger partial charge in [-0.15, -0.1) is 20.5 Å². The van der Waals surface area contributed by atoms with Gasteiger partial charge in [0.05, 0.1) is 10.8 Å². The van der Waals surface area contributed by atoms with E-state index in [0.717, 1.165) is 19.5 Å². The number of hydrogen-bond acceptors (Lipinski definition) is 8. The van der Waals surface area contributed by atoms with Crippen LogP contribution in [0.25, 0.3) is 21.5 Å². The fourth-order valence-electron chi connectivity index (χ4n) is 14.1. The zero-order valence-corrected chi connectivity index (χ0v) is 54.0. The van der Waals surface area contributed by atoms with Crippen LogP contribution in [0, 0.1) is 20.5 Å². The van der Waals surface area contributed by atoms with E-state index >= 15 is 0 Å². The Labute approximate surface area is 516 Å². The fourth-order valence-corrected chi connectivity index (χ4v) is 14.1. The van der Waals surface area contributed by atoms with E-state index in [1.165, 1.54) is 123 Å². The number of halogens is 2. The van der Waals surface area contributed by atoms with Crippen LogP contribution in [0.15, 0.2) is 193 Å². The van der Waals surface area contributed by atoms with Crippen LogP contribution in [0.2, 0.25) is 0 Å². The van der Waals surface area contributed by atoms with Crippen LogP contribution >= 0.6 is 0 Å². The molecular weight excluding hydrogens is 1120 g/mol. The molecule has 6 aromatic rings. The lowest BCUT2D eigenvalue weighted by atomic mass is 9.78. The SMILES string of the molecule is CCCC1C(=CC=CC=CC2=[N+](CCC)c3ccccc3C2(C)C)C(C)(C)c2ccccc21.CCCCC1C(=CC=CC=CC2=[N+](CCCC)c3ccc4ccccc4c3C2(C)C)C(C)(C)c2c1ccc1ccccc21.[O-][Cl+3]([O-])([O-])[O-].[O-][Cl+3]([O-])([O-])[O-]. The largest absolute Gasteiger partial charge is 0.222 e. The maximum absolute atomic E-state index is 8.49. The van der Waals surface area contributed by atoms with Gasteiger partial charge in [-0.3, -0.25) is 0 Å². The zero-order valence-electron chi connectivity index (χ0n) is 52.5. The fraction of sp³-hybridized carbons (Fsp3) is 0.378. The van der Waals surface area contributed by atoms with E-state index in [4.69, 9.17) is 37.3 Å². The van der Waals surface area contributed by atoms with Crippen LogP contribution in [0.1, 0.15) is 180 Å². The summed E-state index contributed by atoms with van der Waals surface area (Å²) in [7, 11) is -9.89. The number of hydrogen-bond donors (Lipinski definition) is 0. The highest BCUT2D eigenvalue weighted by Crippen LogP contribution is 2.55. The Kier molecular flexibility index (Phi) is 22.2. The number of benzene rings is 6. The van der Waals surface area contributed by atoms with Crippen molar-refractivity contribution in [2.24, 2.45) is 0 Å². The molecule has 0 aromatic heterocycles. The maximum Gasteiger partial charge on any atom is 0.210 e. The van der Waals surface area contributed by atoms with Crippen LogP contribution in [0.5, 0.6) is 0 Å². The van der Waals surface area contributed by atoms with Crippen molar-refractivity contribution in [2.45, 2.75) is 168 Å². The van der Waals surface area contributed by atoms with E-state index in [2.05, 4.69) is 274 Å². The molecule has 10 rings (SSSR count). The summed E-state index contributed by atoms with van der Waals surface area (Å²) in [5.41, 5.74) is 17.6. The van der Waals surface area contributed by atoms with E-state index in [0.29, 0.717) is 11.8 Å². The van der Waals surface area contributed by atoms with Crippen LogP contribution in [-0.2, 0) is 21.7 Å². The summed E-state index contributed by atoms with van der Waals surface area (Å²) in [5, 5.41) is 5.47. The molecule has 2 heterocycles. The van der Waals surface area contributed by atoms with Crippen LogP contribution in [-0.4, -0.2) is 33.7 Å². The minimum atomic E-state index is -4.94. The molecular formula is C74H88Cl2N2O8. The number of nitrogens with zero attached hydrogens (tertiary/aromatic N) is 2. The number of rotatable bonds is 16. The van der Waals surface area contributed by atoms with Crippen molar-refractivity contribution in [2.75, 3.05) is 13.1 Å². The second-order valence-electron chi connectivity index (χ2n) is 25.0. The van der Waals surface area contributed by atoms with Crippen LogP contribution < -0.4 is 37.3 Å². The minimum absolute atomic E-state index is 0.00447. The molecule has 0 bridgehead atoms. The quantitative estimate of drug-likeness (QED) is 0.0675. The molecule has 0 spiro atoms. The van der Waals surface area contributed by atoms with Gasteiger partial charge < -0.3 is 0 Å². The van der Waals surface area contributed by atoms with Gasteiger partial charge in [-0.05, 0) is 90.4 Å². The molecule has 0 saturated carbocycles. The molecule has 6 aromatic carbocycles. The molecule has 2 unspecified atom stereocenters. The third-order valence-electron chi connectivity index (χ3n) is 17.8. The van der Waals surface area contributed by atoms with Crippen LogP contribution in [0.4, 0.5) is 11.4 Å². The minimum Gasteiger partial charge on any atom is -0.222 e. The molecule has 456 valence electrons. The van der Waals surface area contributed by atoms with Gasteiger partial charge in [0.1, 0.15) is 13.1 Å². The Morgan fingerprint density at radius 2 is 0.872 bits per heavy atom. The molecule has 12 heteroatoms. The molecule has 2 atom stereocenters. The number of para-hydroxylation sites is 1. The number of unbranched alkanes of at least 4 members (excludes halogenated alkanes) is 2. The second kappa shape index (κ2) is 28.4. The Balaban J connectivity index is 0.000000218. The van der Waals surface area contributed by atoms with Crippen molar-refractivity contribution in [3.63, 3.8) is 0 Å². The van der Waals surface area contributed by atoms with Crippen molar-refractivity contribution in [1.82, 2.24) is 0 Å². The first-order chi connectivity index (χ1) is 40.6. The molecule has 0 radical (unpaired) electrons. The first-order valence-electron chi connectivity index (χ1n) is 30.5. The summed E-state index contributed by atoms with van der Waals surface area (Å²) >= 11 is 0. The summed E-state index contributed by atoms with van der Waals surface area (Å²) in [5.74, 6) is 1.02. The average molecular weight is 1200 g/mol. The van der Waals surface area contributed by atoms with Gasteiger partial charge in [-0.2, -0.15) is 9.15 Å². The van der Waals surface area contributed by atoms with Gasteiger partial charge in [-0.1, -0.05) is 244 Å². The highest BCUT2D eigenvalue weighted by atomic mass is 35.7. The van der Waals surface area contributed by atoms with E-state index in [1.54, 1.807) is 11.1 Å². The lowest BCUT2D eigenvalue weighted by Gasteiger charge is -2.25. The Morgan fingerprint density at radius 1 is 0.395 bits per heavy atom. The number of fused-ring (bicyclic) bond motifs is 8. The van der Waals surface area contributed by atoms with Gasteiger partial charge in [0.2, 0.25) is 11.4 Å². The van der Waals surface area contributed by atoms with Crippen molar-refractivity contribution in [3.8, 4) is 0 Å². The molecule has 0 N–H and O–H groups in total. The second-order valence-corrected chi connectivity index (χ2v) is 26.5. The average Bonchev–Trinajstić information content (AvgIpc) is 1.85. The topological polar surface area (TPSA) is 190 Å². The monoisotopic (exact) mass is 1200 g/mol. The van der Waals surface area contributed by atoms with Crippen molar-refractivity contribution < 1.29 is 66.9 Å². The van der Waals surface area contributed by atoms with Crippen molar-refractivity contribution in [3.05, 3.63) is 227 Å². The van der Waals surface area contributed by atoms with Gasteiger partial charge >= 0.3 is 0 Å². The molecule has 0 saturated heterocycles. The van der Waals surface area contributed by atoms with E-state index < -0.39 is 20.5 Å². The predicted molar refractivity (Wildman–Crippen MR) is 330 cm³/mol. The highest BCUT2D eigenvalue weighted by molar-refractivity contribution is 6.08. The summed E-state index contributed by atoms with van der Waals surface area (Å²) in [6, 6.07) is 45.1. The van der Waals surface area contributed by atoms with Crippen molar-refractivity contribution in [1.29, 1.82) is 0 Å². The molecule has 0 fully saturated rings. The highest BCUT2D eigenvalue weighted by Gasteiger charge is 2.47. The number of allylic oxidation sites excluding steroid dienone is 12. The maximum atomic E-state index is 8.49. The summed E-state index contributed by atoms with van der Waals surface area (Å²) in [6.45, 7) is 30.4. The molecule has 10 nitrogen and oxygen atoms in total. The van der Waals surface area contributed by atoms with E-state index in [9.17, 15) is 0 Å². The Morgan fingerprint density at radius 3 is 1.44 bits per heavy atom. The third kappa shape index (κ3) is 15.2. The Bertz CT molecular complexity index is 3600. The summed E-state index contributed by atoms with van der Waals surface area (Å²) in [4.78, 5) is 0. The molecule has 4 aliphatic rings. The molecule has 0 amide bonds. The third-order valence-corrected chi connectivity index (χ3v) is 17.8. The lowest BCUT2D eigenvalue weighted by molar-refractivity contribution is -2.00. The molecule has 2 aliphatic heterocycles. The van der Waals surface area contributed by atoms with Gasteiger partial charge in [-0.25, -0.2) is 37.3 Å². The van der Waals surface area contributed by atoms with Gasteiger partial charge in [0.15, 0.2) is 11.4 Å². The summed E-state index contributed by atoms with van der Waals surface area (Å²) in [6.07, 6.45) is 32.6. The first-order valence-corrected chi connectivity index (χ1v) is 33.0. The Hall–Kier alpha value is -6.12. The van der Waals surface area contributed by atoms with Gasteiger partial charge in [0.25, 0.3) is 0 Å².